The fourth-order valence-electron chi connectivity index (χ4n) is 2.41. The van der Waals surface area contributed by atoms with E-state index in [9.17, 15) is 5.11 Å². The van der Waals surface area contributed by atoms with E-state index in [1.165, 1.54) is 5.69 Å². The predicted octanol–water partition coefficient (Wildman–Crippen LogP) is 1.50. The van der Waals surface area contributed by atoms with Crippen LogP contribution in [0.5, 0.6) is 0 Å². The molecule has 0 bridgehead atoms. The summed E-state index contributed by atoms with van der Waals surface area (Å²) in [5.41, 5.74) is 1.26. The van der Waals surface area contributed by atoms with E-state index in [1.54, 1.807) is 0 Å². The van der Waals surface area contributed by atoms with Gasteiger partial charge in [-0.1, -0.05) is 13.8 Å². The molecule has 0 saturated carbocycles. The first-order chi connectivity index (χ1) is 8.20. The van der Waals surface area contributed by atoms with Gasteiger partial charge in [0.1, 0.15) is 0 Å². The van der Waals surface area contributed by atoms with Crippen molar-refractivity contribution in [3.63, 3.8) is 0 Å². The Morgan fingerprint density at radius 2 is 2.35 bits per heavy atom. The fraction of sp³-hybridized carbons (Fsp3) is 0.769. The molecular formula is C13H23N3O. The minimum absolute atomic E-state index is 0.175. The SMILES string of the molecule is CCCn1cncc1CN1CCC(C)C(O)C1. The number of likely N-dealkylation sites (tertiary alicyclic amines) is 1. The highest BCUT2D eigenvalue weighted by Gasteiger charge is 2.24. The lowest BCUT2D eigenvalue weighted by atomic mass is 9.96. The van der Waals surface area contributed by atoms with Gasteiger partial charge < -0.3 is 9.67 Å². The first-order valence-electron chi connectivity index (χ1n) is 6.60. The highest BCUT2D eigenvalue weighted by Crippen LogP contribution is 2.18. The van der Waals surface area contributed by atoms with Crippen LogP contribution in [0.2, 0.25) is 0 Å². The van der Waals surface area contributed by atoms with E-state index < -0.39 is 0 Å². The third-order valence-corrected chi connectivity index (χ3v) is 3.65. The second kappa shape index (κ2) is 5.65. The van der Waals surface area contributed by atoms with Crippen molar-refractivity contribution < 1.29 is 5.11 Å². The number of aliphatic hydroxyl groups is 1. The predicted molar refractivity (Wildman–Crippen MR) is 67.6 cm³/mol. The zero-order valence-corrected chi connectivity index (χ0v) is 10.8. The van der Waals surface area contributed by atoms with Crippen molar-refractivity contribution in [3.8, 4) is 0 Å². The smallest absolute Gasteiger partial charge is 0.0948 e. The lowest BCUT2D eigenvalue weighted by Crippen LogP contribution is -2.42. The molecule has 1 saturated heterocycles. The molecule has 4 heteroatoms. The van der Waals surface area contributed by atoms with Gasteiger partial charge in [0.05, 0.1) is 18.1 Å². The van der Waals surface area contributed by atoms with E-state index in [0.29, 0.717) is 5.92 Å². The normalized spacial score (nSPS) is 26.3. The molecular weight excluding hydrogens is 214 g/mol. The quantitative estimate of drug-likeness (QED) is 0.862. The van der Waals surface area contributed by atoms with E-state index in [1.807, 2.05) is 12.5 Å². The summed E-state index contributed by atoms with van der Waals surface area (Å²) in [6.45, 7) is 8.11. The number of aryl methyl sites for hydroxylation is 1. The van der Waals surface area contributed by atoms with E-state index in [4.69, 9.17) is 0 Å². The number of imidazole rings is 1. The molecule has 0 aromatic carbocycles. The summed E-state index contributed by atoms with van der Waals surface area (Å²) in [6, 6.07) is 0. The molecule has 2 atom stereocenters. The zero-order chi connectivity index (χ0) is 12.3. The molecule has 0 aliphatic carbocycles. The second-order valence-electron chi connectivity index (χ2n) is 5.15. The summed E-state index contributed by atoms with van der Waals surface area (Å²) >= 11 is 0. The van der Waals surface area contributed by atoms with Gasteiger partial charge in [-0.25, -0.2) is 4.98 Å². The highest BCUT2D eigenvalue weighted by molar-refractivity contribution is 4.99. The Kier molecular flexibility index (Phi) is 4.18. The van der Waals surface area contributed by atoms with Crippen molar-refractivity contribution in [3.05, 3.63) is 18.2 Å². The number of piperidine rings is 1. The van der Waals surface area contributed by atoms with Crippen LogP contribution in [0.25, 0.3) is 0 Å². The molecule has 1 aromatic rings. The highest BCUT2D eigenvalue weighted by atomic mass is 16.3. The number of rotatable bonds is 4. The van der Waals surface area contributed by atoms with Crippen molar-refractivity contribution in [2.24, 2.45) is 5.92 Å². The molecule has 2 rings (SSSR count). The van der Waals surface area contributed by atoms with Crippen LogP contribution in [0.4, 0.5) is 0 Å². The van der Waals surface area contributed by atoms with Gasteiger partial charge in [-0.3, -0.25) is 4.90 Å². The lowest BCUT2D eigenvalue weighted by molar-refractivity contribution is 0.0250. The minimum Gasteiger partial charge on any atom is -0.392 e. The molecule has 17 heavy (non-hydrogen) atoms. The van der Waals surface area contributed by atoms with Crippen molar-refractivity contribution >= 4 is 0 Å². The number of aliphatic hydroxyl groups excluding tert-OH is 1. The standard InChI is InChI=1S/C13H23N3O/c1-3-5-16-10-14-7-12(16)8-15-6-4-11(2)13(17)9-15/h7,10-11,13,17H,3-6,8-9H2,1-2H3. The van der Waals surface area contributed by atoms with Crippen LogP contribution >= 0.6 is 0 Å². The molecule has 1 fully saturated rings. The van der Waals surface area contributed by atoms with Crippen molar-refractivity contribution in [2.75, 3.05) is 13.1 Å². The van der Waals surface area contributed by atoms with Gasteiger partial charge in [0.2, 0.25) is 0 Å². The van der Waals surface area contributed by atoms with Gasteiger partial charge in [-0.2, -0.15) is 0 Å². The van der Waals surface area contributed by atoms with Gasteiger partial charge in [0.15, 0.2) is 0 Å². The summed E-state index contributed by atoms with van der Waals surface area (Å²) < 4.78 is 2.21. The number of nitrogens with zero attached hydrogens (tertiary/aromatic N) is 3. The molecule has 1 aliphatic rings. The lowest BCUT2D eigenvalue weighted by Gasteiger charge is -2.34. The molecule has 0 amide bonds. The first-order valence-corrected chi connectivity index (χ1v) is 6.60. The number of aromatic nitrogens is 2. The molecule has 1 aromatic heterocycles. The van der Waals surface area contributed by atoms with Gasteiger partial charge in [-0.15, -0.1) is 0 Å². The van der Waals surface area contributed by atoms with E-state index >= 15 is 0 Å². The Balaban J connectivity index is 1.94. The van der Waals surface area contributed by atoms with E-state index in [-0.39, 0.29) is 6.10 Å². The van der Waals surface area contributed by atoms with E-state index in [0.717, 1.165) is 39.0 Å². The largest absolute Gasteiger partial charge is 0.392 e. The first kappa shape index (κ1) is 12.6. The van der Waals surface area contributed by atoms with Crippen LogP contribution in [-0.2, 0) is 13.1 Å². The Bertz CT molecular complexity index is 350. The summed E-state index contributed by atoms with van der Waals surface area (Å²) in [5.74, 6) is 0.437. The average molecular weight is 237 g/mol. The topological polar surface area (TPSA) is 41.3 Å². The van der Waals surface area contributed by atoms with Crippen LogP contribution in [0.1, 0.15) is 32.4 Å². The van der Waals surface area contributed by atoms with Crippen LogP contribution in [0.3, 0.4) is 0 Å². The number of β-amino-alcohol motifs (C(OH)–C–C–N with tert-alkyl or cyclic N) is 1. The number of hydrogen-bond acceptors (Lipinski definition) is 3. The third-order valence-electron chi connectivity index (χ3n) is 3.65. The fourth-order valence-corrected chi connectivity index (χ4v) is 2.41. The Hall–Kier alpha value is -0.870. The molecule has 1 N–H and O–H groups in total. The average Bonchev–Trinajstić information content (AvgIpc) is 2.72. The van der Waals surface area contributed by atoms with Crippen molar-refractivity contribution in [1.29, 1.82) is 0 Å². The molecule has 4 nitrogen and oxygen atoms in total. The summed E-state index contributed by atoms with van der Waals surface area (Å²) in [7, 11) is 0. The molecule has 2 unspecified atom stereocenters. The van der Waals surface area contributed by atoms with Crippen molar-refractivity contribution in [2.45, 2.75) is 45.9 Å². The van der Waals surface area contributed by atoms with Crippen LogP contribution in [0.15, 0.2) is 12.5 Å². The maximum absolute atomic E-state index is 9.89. The Labute approximate surface area is 103 Å². The monoisotopic (exact) mass is 237 g/mol. The van der Waals surface area contributed by atoms with Crippen molar-refractivity contribution in [1.82, 2.24) is 14.5 Å². The maximum Gasteiger partial charge on any atom is 0.0948 e. The molecule has 0 spiro atoms. The van der Waals surface area contributed by atoms with Crippen LogP contribution in [0, 0.1) is 5.92 Å². The summed E-state index contributed by atoms with van der Waals surface area (Å²) in [4.78, 5) is 6.54. The summed E-state index contributed by atoms with van der Waals surface area (Å²) in [5, 5.41) is 9.89. The minimum atomic E-state index is -0.175. The molecule has 1 aliphatic heterocycles. The van der Waals surface area contributed by atoms with Gasteiger partial charge in [-0.05, 0) is 25.3 Å². The zero-order valence-electron chi connectivity index (χ0n) is 10.8. The third kappa shape index (κ3) is 3.07. The number of hydrogen-bond donors (Lipinski definition) is 1. The Morgan fingerprint density at radius 1 is 1.53 bits per heavy atom. The van der Waals surface area contributed by atoms with Gasteiger partial charge in [0.25, 0.3) is 0 Å². The molecule has 0 radical (unpaired) electrons. The van der Waals surface area contributed by atoms with Gasteiger partial charge >= 0.3 is 0 Å². The maximum atomic E-state index is 9.89. The van der Waals surface area contributed by atoms with Crippen LogP contribution < -0.4 is 0 Å². The van der Waals surface area contributed by atoms with Gasteiger partial charge in [0, 0.05) is 25.8 Å². The van der Waals surface area contributed by atoms with E-state index in [2.05, 4.69) is 28.3 Å². The molecule has 2 heterocycles. The van der Waals surface area contributed by atoms with Crippen LogP contribution in [-0.4, -0.2) is 38.8 Å². The molecule has 96 valence electrons. The summed E-state index contributed by atoms with van der Waals surface area (Å²) in [6.07, 6.45) is 5.89. The second-order valence-corrected chi connectivity index (χ2v) is 5.15. The Morgan fingerprint density at radius 3 is 3.06 bits per heavy atom.